The van der Waals surface area contributed by atoms with Crippen LogP contribution < -0.4 is 4.74 Å². The number of hydrogen-bond acceptors (Lipinski definition) is 5. The van der Waals surface area contributed by atoms with E-state index < -0.39 is 14.8 Å². The van der Waals surface area contributed by atoms with Gasteiger partial charge in [-0.15, -0.1) is 0 Å². The van der Waals surface area contributed by atoms with Crippen LogP contribution in [0, 0.1) is 10.1 Å². The second-order valence-electron chi connectivity index (χ2n) is 3.89. The van der Waals surface area contributed by atoms with Gasteiger partial charge in [0.2, 0.25) is 0 Å². The summed E-state index contributed by atoms with van der Waals surface area (Å²) in [6, 6.07) is 5.61. The average Bonchev–Trinajstić information content (AvgIpc) is 2.59. The summed E-state index contributed by atoms with van der Waals surface area (Å²) in [6.07, 6.45) is 0.126. The van der Waals surface area contributed by atoms with E-state index in [1.165, 1.54) is 24.3 Å². The van der Waals surface area contributed by atoms with Crippen molar-refractivity contribution in [1.82, 2.24) is 0 Å². The maximum atomic E-state index is 11.2. The van der Waals surface area contributed by atoms with Gasteiger partial charge < -0.3 is 4.74 Å². The molecule has 1 aliphatic heterocycles. The van der Waals surface area contributed by atoms with E-state index >= 15 is 0 Å². The van der Waals surface area contributed by atoms with Crippen LogP contribution in [-0.2, 0) is 9.84 Å². The first-order valence-electron chi connectivity index (χ1n) is 5.08. The third-order valence-electron chi connectivity index (χ3n) is 2.54. The summed E-state index contributed by atoms with van der Waals surface area (Å²) >= 11 is 0. The zero-order valence-electron chi connectivity index (χ0n) is 8.90. The molecule has 2 rings (SSSR count). The van der Waals surface area contributed by atoms with Crippen LogP contribution in [0.2, 0.25) is 0 Å². The fourth-order valence-electron chi connectivity index (χ4n) is 1.69. The lowest BCUT2D eigenvalue weighted by Gasteiger charge is -2.11. The van der Waals surface area contributed by atoms with Crippen molar-refractivity contribution in [3.05, 3.63) is 34.4 Å². The Bertz CT molecular complexity index is 522. The number of nitrogens with zero attached hydrogens (tertiary/aromatic N) is 1. The molecular weight excluding hydrogens is 246 g/mol. The molecule has 0 N–H and O–H groups in total. The molecule has 1 atom stereocenters. The van der Waals surface area contributed by atoms with Crippen LogP contribution in [-0.4, -0.2) is 31.0 Å². The Balaban J connectivity index is 2.03. The van der Waals surface area contributed by atoms with Gasteiger partial charge in [-0.3, -0.25) is 10.1 Å². The molecule has 0 spiro atoms. The van der Waals surface area contributed by atoms with Crippen molar-refractivity contribution in [2.24, 2.45) is 0 Å². The van der Waals surface area contributed by atoms with Crippen LogP contribution in [0.15, 0.2) is 24.3 Å². The lowest BCUT2D eigenvalue weighted by Crippen LogP contribution is -2.17. The van der Waals surface area contributed by atoms with E-state index in [9.17, 15) is 18.5 Å². The highest BCUT2D eigenvalue weighted by Crippen LogP contribution is 2.22. The van der Waals surface area contributed by atoms with E-state index in [2.05, 4.69) is 0 Å². The first-order valence-corrected chi connectivity index (χ1v) is 6.90. The third-order valence-corrected chi connectivity index (χ3v) is 4.28. The molecule has 1 aromatic carbocycles. The molecule has 1 heterocycles. The highest BCUT2D eigenvalue weighted by atomic mass is 32.2. The third kappa shape index (κ3) is 2.94. The standard InChI is InChI=1S/C10H11NO5S/c12-11(13)8-1-3-9(4-2-8)16-10-5-6-17(14,15)7-10/h1-4,10H,5-7H2. The monoisotopic (exact) mass is 257 g/mol. The molecule has 1 saturated heterocycles. The van der Waals surface area contributed by atoms with Crippen molar-refractivity contribution in [2.45, 2.75) is 12.5 Å². The molecule has 92 valence electrons. The highest BCUT2D eigenvalue weighted by Gasteiger charge is 2.29. The summed E-state index contributed by atoms with van der Waals surface area (Å²) in [7, 11) is -2.97. The van der Waals surface area contributed by atoms with Crippen molar-refractivity contribution in [3.8, 4) is 5.75 Å². The molecule has 0 bridgehead atoms. The Hall–Kier alpha value is -1.63. The summed E-state index contributed by atoms with van der Waals surface area (Å²) < 4.78 is 27.9. The molecule has 0 saturated carbocycles. The Morgan fingerprint density at radius 1 is 1.29 bits per heavy atom. The number of benzene rings is 1. The van der Waals surface area contributed by atoms with E-state index in [-0.39, 0.29) is 23.3 Å². The van der Waals surface area contributed by atoms with E-state index in [0.717, 1.165) is 0 Å². The number of nitro benzene ring substituents is 1. The number of ether oxygens (including phenoxy) is 1. The van der Waals surface area contributed by atoms with Crippen LogP contribution in [0.4, 0.5) is 5.69 Å². The van der Waals surface area contributed by atoms with Gasteiger partial charge in [-0.05, 0) is 18.6 Å². The van der Waals surface area contributed by atoms with Crippen molar-refractivity contribution < 1.29 is 18.1 Å². The lowest BCUT2D eigenvalue weighted by molar-refractivity contribution is -0.384. The van der Waals surface area contributed by atoms with Crippen LogP contribution in [0.1, 0.15) is 6.42 Å². The molecule has 1 aliphatic rings. The average molecular weight is 257 g/mol. The van der Waals surface area contributed by atoms with Crippen molar-refractivity contribution >= 4 is 15.5 Å². The van der Waals surface area contributed by atoms with E-state index in [0.29, 0.717) is 12.2 Å². The Labute approximate surface area is 98.3 Å². The molecule has 0 amide bonds. The van der Waals surface area contributed by atoms with Gasteiger partial charge >= 0.3 is 0 Å². The van der Waals surface area contributed by atoms with Gasteiger partial charge in [-0.25, -0.2) is 8.42 Å². The van der Waals surface area contributed by atoms with Gasteiger partial charge in [0.15, 0.2) is 9.84 Å². The number of rotatable bonds is 3. The normalized spacial score (nSPS) is 22.2. The Morgan fingerprint density at radius 3 is 2.41 bits per heavy atom. The zero-order chi connectivity index (χ0) is 12.5. The molecule has 0 radical (unpaired) electrons. The molecule has 1 fully saturated rings. The van der Waals surface area contributed by atoms with Crippen molar-refractivity contribution in [2.75, 3.05) is 11.5 Å². The summed E-state index contributed by atoms with van der Waals surface area (Å²) in [6.45, 7) is 0. The predicted octanol–water partition coefficient (Wildman–Crippen LogP) is 1.16. The summed E-state index contributed by atoms with van der Waals surface area (Å²) in [5.74, 6) is 0.618. The lowest BCUT2D eigenvalue weighted by atomic mass is 10.3. The van der Waals surface area contributed by atoms with Crippen molar-refractivity contribution in [3.63, 3.8) is 0 Å². The van der Waals surface area contributed by atoms with E-state index in [1.807, 2.05) is 0 Å². The first kappa shape index (κ1) is 11.8. The van der Waals surface area contributed by atoms with E-state index in [4.69, 9.17) is 4.74 Å². The molecule has 17 heavy (non-hydrogen) atoms. The Morgan fingerprint density at radius 2 is 1.94 bits per heavy atom. The fraction of sp³-hybridized carbons (Fsp3) is 0.400. The van der Waals surface area contributed by atoms with E-state index in [1.54, 1.807) is 0 Å². The second kappa shape index (κ2) is 4.33. The van der Waals surface area contributed by atoms with Crippen molar-refractivity contribution in [1.29, 1.82) is 0 Å². The molecule has 1 aromatic rings. The zero-order valence-corrected chi connectivity index (χ0v) is 9.72. The smallest absolute Gasteiger partial charge is 0.269 e. The number of hydrogen-bond donors (Lipinski definition) is 0. The Kier molecular flexibility index (Phi) is 3.01. The second-order valence-corrected chi connectivity index (χ2v) is 6.12. The fourth-order valence-corrected chi connectivity index (χ4v) is 3.28. The molecule has 0 aromatic heterocycles. The molecule has 0 aliphatic carbocycles. The van der Waals surface area contributed by atoms with Crippen LogP contribution in [0.3, 0.4) is 0 Å². The summed E-state index contributed by atoms with van der Waals surface area (Å²) in [4.78, 5) is 9.93. The molecule has 6 nitrogen and oxygen atoms in total. The topological polar surface area (TPSA) is 86.5 Å². The minimum atomic E-state index is -2.97. The number of non-ortho nitro benzene ring substituents is 1. The molecule has 7 heteroatoms. The van der Waals surface area contributed by atoms with Crippen LogP contribution in [0.5, 0.6) is 5.75 Å². The largest absolute Gasteiger partial charge is 0.489 e. The highest BCUT2D eigenvalue weighted by molar-refractivity contribution is 7.91. The van der Waals surface area contributed by atoms with Gasteiger partial charge in [-0.1, -0.05) is 0 Å². The minimum absolute atomic E-state index is 0.0172. The predicted molar refractivity (Wildman–Crippen MR) is 60.8 cm³/mol. The quantitative estimate of drug-likeness (QED) is 0.599. The maximum Gasteiger partial charge on any atom is 0.269 e. The van der Waals surface area contributed by atoms with Gasteiger partial charge in [0.1, 0.15) is 11.9 Å². The number of nitro groups is 1. The molecular formula is C10H11NO5S. The van der Waals surface area contributed by atoms with Crippen LogP contribution in [0.25, 0.3) is 0 Å². The van der Waals surface area contributed by atoms with Gasteiger partial charge in [-0.2, -0.15) is 0 Å². The van der Waals surface area contributed by atoms with Gasteiger partial charge in [0.25, 0.3) is 5.69 Å². The SMILES string of the molecule is O=[N+]([O-])c1ccc(OC2CCS(=O)(=O)C2)cc1. The molecule has 1 unspecified atom stereocenters. The summed E-state index contributed by atoms with van der Waals surface area (Å²) in [5, 5.41) is 10.4. The minimum Gasteiger partial charge on any atom is -0.489 e. The maximum absolute atomic E-state index is 11.2. The number of sulfone groups is 1. The summed E-state index contributed by atoms with van der Waals surface area (Å²) in [5.41, 5.74) is -0.0172. The van der Waals surface area contributed by atoms with Crippen LogP contribution >= 0.6 is 0 Å². The van der Waals surface area contributed by atoms with Gasteiger partial charge in [0.05, 0.1) is 16.4 Å². The first-order chi connectivity index (χ1) is 7.96. The van der Waals surface area contributed by atoms with Gasteiger partial charge in [0, 0.05) is 12.1 Å².